The van der Waals surface area contributed by atoms with Gasteiger partial charge in [-0.25, -0.2) is 4.98 Å². The van der Waals surface area contributed by atoms with E-state index in [4.69, 9.17) is 14.5 Å². The molecule has 136 valence electrons. The molecule has 2 aliphatic rings. The van der Waals surface area contributed by atoms with Gasteiger partial charge in [0.2, 0.25) is 12.7 Å². The Kier molecular flexibility index (Phi) is 4.01. The smallest absolute Gasteiger partial charge is 0.231 e. The second kappa shape index (κ2) is 6.79. The van der Waals surface area contributed by atoms with Crippen molar-refractivity contribution in [3.05, 3.63) is 65.9 Å². The molecule has 27 heavy (non-hydrogen) atoms. The lowest BCUT2D eigenvalue weighted by atomic mass is 10.0. The summed E-state index contributed by atoms with van der Waals surface area (Å²) in [5.41, 5.74) is 3.67. The Morgan fingerprint density at radius 1 is 1.04 bits per heavy atom. The van der Waals surface area contributed by atoms with Crippen molar-refractivity contribution in [1.82, 2.24) is 9.97 Å². The van der Waals surface area contributed by atoms with Crippen molar-refractivity contribution in [2.24, 2.45) is 0 Å². The highest BCUT2D eigenvalue weighted by Gasteiger charge is 2.20. The number of hydrogen-bond acceptors (Lipinski definition) is 6. The highest BCUT2D eigenvalue weighted by Crippen LogP contribution is 2.33. The molecule has 5 rings (SSSR count). The number of aryl methyl sites for hydroxylation is 1. The molecule has 0 saturated heterocycles. The third kappa shape index (κ3) is 3.14. The molecule has 3 heterocycles. The summed E-state index contributed by atoms with van der Waals surface area (Å²) in [5, 5.41) is 3.38. The number of aromatic nitrogens is 2. The third-order valence-electron chi connectivity index (χ3n) is 4.91. The normalized spacial score (nSPS) is 14.7. The van der Waals surface area contributed by atoms with Gasteiger partial charge in [0.25, 0.3) is 0 Å². The van der Waals surface area contributed by atoms with Crippen molar-refractivity contribution in [3.8, 4) is 11.5 Å². The van der Waals surface area contributed by atoms with Gasteiger partial charge in [-0.1, -0.05) is 24.3 Å². The number of fused-ring (bicyclic) bond motifs is 2. The van der Waals surface area contributed by atoms with Gasteiger partial charge in [0.15, 0.2) is 11.5 Å². The Balaban J connectivity index is 1.34. The molecule has 2 aromatic carbocycles. The first-order valence-corrected chi connectivity index (χ1v) is 9.18. The first-order chi connectivity index (χ1) is 13.4. The van der Waals surface area contributed by atoms with Crippen molar-refractivity contribution >= 4 is 17.5 Å². The van der Waals surface area contributed by atoms with Crippen LogP contribution in [0.25, 0.3) is 0 Å². The zero-order valence-corrected chi connectivity index (χ0v) is 14.9. The van der Waals surface area contributed by atoms with Gasteiger partial charge in [-0.3, -0.25) is 0 Å². The average molecular weight is 360 g/mol. The number of anilines is 3. The van der Waals surface area contributed by atoms with Gasteiger partial charge in [0.1, 0.15) is 5.82 Å². The fourth-order valence-corrected chi connectivity index (χ4v) is 3.56. The predicted molar refractivity (Wildman–Crippen MR) is 104 cm³/mol. The number of benzene rings is 2. The van der Waals surface area contributed by atoms with E-state index in [0.717, 1.165) is 48.2 Å². The minimum Gasteiger partial charge on any atom is -0.454 e. The van der Waals surface area contributed by atoms with E-state index in [1.165, 1.54) is 11.3 Å². The minimum atomic E-state index is 0.290. The fourth-order valence-electron chi connectivity index (χ4n) is 3.56. The standard InChI is InChI=1S/C21H20N4O2/c1-2-6-17-16(4-1)5-3-11-25(17)21-22-10-9-20(24-21)23-13-15-7-8-18-19(12-15)27-14-26-18/h1-2,4,6-10,12H,3,5,11,13-14H2,(H,22,23,24). The van der Waals surface area contributed by atoms with Crippen LogP contribution in [0.4, 0.5) is 17.5 Å². The lowest BCUT2D eigenvalue weighted by Gasteiger charge is -2.29. The summed E-state index contributed by atoms with van der Waals surface area (Å²) >= 11 is 0. The number of hydrogen-bond donors (Lipinski definition) is 1. The Morgan fingerprint density at radius 2 is 1.96 bits per heavy atom. The first kappa shape index (κ1) is 15.9. The average Bonchev–Trinajstić information content (AvgIpc) is 3.20. The van der Waals surface area contributed by atoms with Crippen LogP contribution >= 0.6 is 0 Å². The van der Waals surface area contributed by atoms with Gasteiger partial charge in [0.05, 0.1) is 0 Å². The Labute approximate surface area is 157 Å². The Morgan fingerprint density at radius 3 is 2.96 bits per heavy atom. The van der Waals surface area contributed by atoms with E-state index >= 15 is 0 Å². The molecular formula is C21H20N4O2. The maximum absolute atomic E-state index is 5.44. The Bertz CT molecular complexity index is 976. The highest BCUT2D eigenvalue weighted by atomic mass is 16.7. The van der Waals surface area contributed by atoms with Crippen molar-refractivity contribution in [3.63, 3.8) is 0 Å². The lowest BCUT2D eigenvalue weighted by Crippen LogP contribution is -2.26. The molecular weight excluding hydrogens is 340 g/mol. The van der Waals surface area contributed by atoms with Crippen LogP contribution in [0.1, 0.15) is 17.5 Å². The van der Waals surface area contributed by atoms with E-state index in [9.17, 15) is 0 Å². The monoisotopic (exact) mass is 360 g/mol. The predicted octanol–water partition coefficient (Wildman–Crippen LogP) is 3.90. The minimum absolute atomic E-state index is 0.290. The summed E-state index contributed by atoms with van der Waals surface area (Å²) in [5.74, 6) is 3.13. The summed E-state index contributed by atoms with van der Waals surface area (Å²) in [6, 6.07) is 16.3. The number of para-hydroxylation sites is 1. The number of nitrogens with one attached hydrogen (secondary N) is 1. The molecule has 6 heteroatoms. The summed E-state index contributed by atoms with van der Waals surface area (Å²) < 4.78 is 10.8. The second-order valence-corrected chi connectivity index (χ2v) is 6.67. The van der Waals surface area contributed by atoms with E-state index < -0.39 is 0 Å². The van der Waals surface area contributed by atoms with Gasteiger partial charge in [-0.15, -0.1) is 0 Å². The Hall–Kier alpha value is -3.28. The van der Waals surface area contributed by atoms with Crippen molar-refractivity contribution in [2.45, 2.75) is 19.4 Å². The largest absolute Gasteiger partial charge is 0.454 e. The van der Waals surface area contributed by atoms with Gasteiger partial charge in [-0.2, -0.15) is 4.98 Å². The molecule has 0 fully saturated rings. The van der Waals surface area contributed by atoms with E-state index in [1.54, 1.807) is 0 Å². The van der Waals surface area contributed by atoms with Crippen LogP contribution in [0.3, 0.4) is 0 Å². The van der Waals surface area contributed by atoms with E-state index in [2.05, 4.69) is 39.5 Å². The molecule has 0 bridgehead atoms. The van der Waals surface area contributed by atoms with Crippen molar-refractivity contribution in [1.29, 1.82) is 0 Å². The van der Waals surface area contributed by atoms with Gasteiger partial charge >= 0.3 is 0 Å². The van der Waals surface area contributed by atoms with Crippen LogP contribution in [0.15, 0.2) is 54.7 Å². The molecule has 3 aromatic rings. The fraction of sp³-hybridized carbons (Fsp3) is 0.238. The van der Waals surface area contributed by atoms with Crippen LogP contribution < -0.4 is 19.7 Å². The highest BCUT2D eigenvalue weighted by molar-refractivity contribution is 5.64. The SMILES string of the molecule is c1ccc2c(c1)CCCN2c1nccc(NCc2ccc3c(c2)OCO3)n1. The van der Waals surface area contributed by atoms with Crippen LogP contribution in [0.2, 0.25) is 0 Å². The molecule has 0 amide bonds. The molecule has 0 saturated carbocycles. The summed E-state index contributed by atoms with van der Waals surface area (Å²) in [6.45, 7) is 1.88. The zero-order chi connectivity index (χ0) is 18.1. The first-order valence-electron chi connectivity index (χ1n) is 9.18. The molecule has 0 unspecified atom stereocenters. The molecule has 0 radical (unpaired) electrons. The van der Waals surface area contributed by atoms with Crippen LogP contribution in [-0.2, 0) is 13.0 Å². The van der Waals surface area contributed by atoms with Crippen LogP contribution in [-0.4, -0.2) is 23.3 Å². The number of ether oxygens (including phenoxy) is 2. The summed E-state index contributed by atoms with van der Waals surface area (Å²) in [6.07, 6.45) is 4.02. The molecule has 0 atom stereocenters. The molecule has 0 aliphatic carbocycles. The third-order valence-corrected chi connectivity index (χ3v) is 4.91. The summed E-state index contributed by atoms with van der Waals surface area (Å²) in [7, 11) is 0. The van der Waals surface area contributed by atoms with Crippen LogP contribution in [0.5, 0.6) is 11.5 Å². The topological polar surface area (TPSA) is 59.5 Å². The quantitative estimate of drug-likeness (QED) is 0.761. The van der Waals surface area contributed by atoms with E-state index in [-0.39, 0.29) is 0 Å². The van der Waals surface area contributed by atoms with Gasteiger partial charge < -0.3 is 19.7 Å². The van der Waals surface area contributed by atoms with E-state index in [1.807, 2.05) is 30.5 Å². The second-order valence-electron chi connectivity index (χ2n) is 6.67. The molecule has 0 spiro atoms. The molecule has 6 nitrogen and oxygen atoms in total. The maximum atomic E-state index is 5.44. The van der Waals surface area contributed by atoms with Gasteiger partial charge in [-0.05, 0) is 48.2 Å². The number of rotatable bonds is 4. The summed E-state index contributed by atoms with van der Waals surface area (Å²) in [4.78, 5) is 11.4. The maximum Gasteiger partial charge on any atom is 0.231 e. The van der Waals surface area contributed by atoms with Crippen molar-refractivity contribution in [2.75, 3.05) is 23.6 Å². The lowest BCUT2D eigenvalue weighted by molar-refractivity contribution is 0.174. The molecule has 1 N–H and O–H groups in total. The van der Waals surface area contributed by atoms with Crippen molar-refractivity contribution < 1.29 is 9.47 Å². The zero-order valence-electron chi connectivity index (χ0n) is 14.9. The van der Waals surface area contributed by atoms with E-state index in [0.29, 0.717) is 13.3 Å². The number of nitrogens with zero attached hydrogens (tertiary/aromatic N) is 3. The van der Waals surface area contributed by atoms with Gasteiger partial charge in [0, 0.05) is 25.0 Å². The molecule has 2 aliphatic heterocycles. The van der Waals surface area contributed by atoms with Crippen LogP contribution in [0, 0.1) is 0 Å². The molecule has 1 aromatic heterocycles.